The molecule has 3 aromatic rings. The van der Waals surface area contributed by atoms with Crippen LogP contribution < -0.4 is 5.32 Å². The lowest BCUT2D eigenvalue weighted by molar-refractivity contribution is -0.142. The second kappa shape index (κ2) is 6.43. The number of halogens is 3. The molecule has 0 aliphatic rings. The topological polar surface area (TPSA) is 77.1 Å². The summed E-state index contributed by atoms with van der Waals surface area (Å²) in [6, 6.07) is 2.81. The van der Waals surface area contributed by atoms with Gasteiger partial charge in [-0.05, 0) is 32.9 Å². The highest BCUT2D eigenvalue weighted by atomic mass is 19.4. The number of carbonyl (C=O) groups is 1. The van der Waals surface area contributed by atoms with E-state index in [0.29, 0.717) is 11.1 Å². The van der Waals surface area contributed by atoms with Gasteiger partial charge in [0.05, 0.1) is 18.4 Å². The number of hydrogen-bond acceptors (Lipinski definition) is 4. The molecule has 1 N–H and O–H groups in total. The minimum Gasteiger partial charge on any atom is -0.350 e. The molecule has 0 aromatic carbocycles. The van der Waals surface area contributed by atoms with Crippen molar-refractivity contribution in [3.8, 4) is 0 Å². The number of fused-ring (bicyclic) bond motifs is 1. The van der Waals surface area contributed by atoms with Gasteiger partial charge in [-0.25, -0.2) is 9.50 Å². The van der Waals surface area contributed by atoms with E-state index in [-0.39, 0.29) is 23.4 Å². The van der Waals surface area contributed by atoms with Crippen LogP contribution in [0.15, 0.2) is 18.3 Å². The third-order valence-electron chi connectivity index (χ3n) is 3.85. The first-order valence-electron chi connectivity index (χ1n) is 7.88. The van der Waals surface area contributed by atoms with Crippen molar-refractivity contribution in [1.29, 1.82) is 0 Å². The monoisotopic (exact) mass is 366 g/mol. The minimum atomic E-state index is -4.60. The van der Waals surface area contributed by atoms with Crippen molar-refractivity contribution in [2.75, 3.05) is 6.54 Å². The van der Waals surface area contributed by atoms with Crippen molar-refractivity contribution in [1.82, 2.24) is 29.7 Å². The van der Waals surface area contributed by atoms with Crippen molar-refractivity contribution < 1.29 is 18.0 Å². The summed E-state index contributed by atoms with van der Waals surface area (Å²) in [5.74, 6) is -0.534. The van der Waals surface area contributed by atoms with E-state index in [1.807, 2.05) is 19.9 Å². The number of nitrogens with one attached hydrogen (secondary N) is 1. The predicted molar refractivity (Wildman–Crippen MR) is 86.8 cm³/mol. The zero-order chi connectivity index (χ0) is 19.1. The van der Waals surface area contributed by atoms with Crippen LogP contribution in [0.25, 0.3) is 5.65 Å². The van der Waals surface area contributed by atoms with Gasteiger partial charge in [0, 0.05) is 17.9 Å². The number of aryl methyl sites for hydroxylation is 3. The zero-order valence-corrected chi connectivity index (χ0v) is 14.4. The molecule has 1 amide bonds. The number of carbonyl (C=O) groups excluding carboxylic acids is 1. The SMILES string of the molecule is Cc1cc(C(F)(F)F)n2ncc(C(=O)NCCn3nc(C)cc3C)c2n1. The fourth-order valence-electron chi connectivity index (χ4n) is 2.72. The van der Waals surface area contributed by atoms with E-state index in [4.69, 9.17) is 0 Å². The number of amides is 1. The first-order valence-corrected chi connectivity index (χ1v) is 7.88. The van der Waals surface area contributed by atoms with Crippen molar-refractivity contribution in [3.63, 3.8) is 0 Å². The van der Waals surface area contributed by atoms with E-state index in [2.05, 4.69) is 20.5 Å². The van der Waals surface area contributed by atoms with E-state index in [0.717, 1.165) is 23.7 Å². The molecule has 10 heteroatoms. The second-order valence-corrected chi connectivity index (χ2v) is 5.98. The maximum absolute atomic E-state index is 13.1. The molecule has 7 nitrogen and oxygen atoms in total. The molecule has 3 rings (SSSR count). The van der Waals surface area contributed by atoms with E-state index in [1.165, 1.54) is 6.92 Å². The van der Waals surface area contributed by atoms with Crippen LogP contribution in [0, 0.1) is 20.8 Å². The van der Waals surface area contributed by atoms with Crippen LogP contribution in [0.2, 0.25) is 0 Å². The van der Waals surface area contributed by atoms with E-state index in [1.54, 1.807) is 4.68 Å². The number of aromatic nitrogens is 5. The van der Waals surface area contributed by atoms with Crippen LogP contribution in [0.1, 0.15) is 33.1 Å². The fraction of sp³-hybridized carbons (Fsp3) is 0.375. The average Bonchev–Trinajstić information content (AvgIpc) is 3.08. The highest BCUT2D eigenvalue weighted by molar-refractivity contribution is 5.99. The summed E-state index contributed by atoms with van der Waals surface area (Å²) in [7, 11) is 0. The van der Waals surface area contributed by atoms with Gasteiger partial charge in [0.2, 0.25) is 0 Å². The maximum Gasteiger partial charge on any atom is 0.433 e. The van der Waals surface area contributed by atoms with Crippen LogP contribution in [0.4, 0.5) is 13.2 Å². The van der Waals surface area contributed by atoms with Crippen molar-refractivity contribution in [2.24, 2.45) is 0 Å². The first kappa shape index (κ1) is 17.9. The third-order valence-corrected chi connectivity index (χ3v) is 3.85. The largest absolute Gasteiger partial charge is 0.433 e. The fourth-order valence-corrected chi connectivity index (χ4v) is 2.72. The molecule has 26 heavy (non-hydrogen) atoms. The van der Waals surface area contributed by atoms with Gasteiger partial charge in [0.15, 0.2) is 5.65 Å². The summed E-state index contributed by atoms with van der Waals surface area (Å²) in [5.41, 5.74) is 0.882. The van der Waals surface area contributed by atoms with E-state index >= 15 is 0 Å². The predicted octanol–water partition coefficient (Wildman–Crippen LogP) is 2.30. The maximum atomic E-state index is 13.1. The summed E-state index contributed by atoms with van der Waals surface area (Å²) in [6.07, 6.45) is -3.50. The van der Waals surface area contributed by atoms with Crippen LogP contribution in [-0.2, 0) is 12.7 Å². The van der Waals surface area contributed by atoms with Crippen molar-refractivity contribution in [3.05, 3.63) is 46.7 Å². The molecule has 0 saturated heterocycles. The molecule has 3 heterocycles. The van der Waals surface area contributed by atoms with Gasteiger partial charge in [-0.2, -0.15) is 23.4 Å². The van der Waals surface area contributed by atoms with Crippen molar-refractivity contribution >= 4 is 11.6 Å². The van der Waals surface area contributed by atoms with Crippen LogP contribution in [-0.4, -0.2) is 36.8 Å². The normalized spacial score (nSPS) is 11.9. The summed E-state index contributed by atoms with van der Waals surface area (Å²) in [5, 5.41) is 10.6. The van der Waals surface area contributed by atoms with Gasteiger partial charge in [-0.15, -0.1) is 0 Å². The summed E-state index contributed by atoms with van der Waals surface area (Å²) in [6.45, 7) is 5.93. The van der Waals surface area contributed by atoms with Crippen LogP contribution >= 0.6 is 0 Å². The molecule has 0 atom stereocenters. The Hall–Kier alpha value is -2.91. The third kappa shape index (κ3) is 3.39. The molecule has 0 spiro atoms. The molecule has 0 bridgehead atoms. The molecular weight excluding hydrogens is 349 g/mol. The molecule has 0 aliphatic heterocycles. The highest BCUT2D eigenvalue weighted by Crippen LogP contribution is 2.30. The Kier molecular flexibility index (Phi) is 4.43. The Morgan fingerprint density at radius 1 is 1.19 bits per heavy atom. The van der Waals surface area contributed by atoms with Gasteiger partial charge in [-0.3, -0.25) is 9.48 Å². The van der Waals surface area contributed by atoms with Crippen LogP contribution in [0.3, 0.4) is 0 Å². The second-order valence-electron chi connectivity index (χ2n) is 5.98. The Morgan fingerprint density at radius 3 is 2.54 bits per heavy atom. The molecule has 0 saturated carbocycles. The Balaban J connectivity index is 1.80. The van der Waals surface area contributed by atoms with Crippen molar-refractivity contribution in [2.45, 2.75) is 33.5 Å². The quantitative estimate of drug-likeness (QED) is 0.769. The van der Waals surface area contributed by atoms with E-state index < -0.39 is 17.8 Å². The lowest BCUT2D eigenvalue weighted by Crippen LogP contribution is -2.28. The summed E-state index contributed by atoms with van der Waals surface area (Å²) < 4.78 is 41.8. The Labute approximate surface area is 146 Å². The average molecular weight is 366 g/mol. The van der Waals surface area contributed by atoms with Crippen LogP contribution in [0.5, 0.6) is 0 Å². The Morgan fingerprint density at radius 2 is 1.92 bits per heavy atom. The highest BCUT2D eigenvalue weighted by Gasteiger charge is 2.35. The lowest BCUT2D eigenvalue weighted by Gasteiger charge is -2.10. The number of rotatable bonds is 4. The number of nitrogens with zero attached hydrogens (tertiary/aromatic N) is 5. The molecule has 0 radical (unpaired) electrons. The smallest absolute Gasteiger partial charge is 0.350 e. The molecule has 0 unspecified atom stereocenters. The lowest BCUT2D eigenvalue weighted by atomic mass is 10.2. The molecule has 3 aromatic heterocycles. The standard InChI is InChI=1S/C16H17F3N6O/c1-9-7-13(16(17,18)19)25-14(22-9)12(8-21-25)15(26)20-4-5-24-11(3)6-10(2)23-24/h6-8H,4-5H2,1-3H3,(H,20,26). The minimum absolute atomic E-state index is 0.00688. The molecule has 0 aliphatic carbocycles. The van der Waals surface area contributed by atoms with E-state index in [9.17, 15) is 18.0 Å². The van der Waals surface area contributed by atoms with Gasteiger partial charge in [-0.1, -0.05) is 0 Å². The number of alkyl halides is 3. The molecular formula is C16H17F3N6O. The first-order chi connectivity index (χ1) is 12.2. The summed E-state index contributed by atoms with van der Waals surface area (Å²) in [4.78, 5) is 16.4. The Bertz CT molecular complexity index is 972. The molecule has 0 fully saturated rings. The van der Waals surface area contributed by atoms with Gasteiger partial charge in [0.25, 0.3) is 5.91 Å². The van der Waals surface area contributed by atoms with Gasteiger partial charge in [0.1, 0.15) is 11.3 Å². The summed E-state index contributed by atoms with van der Waals surface area (Å²) >= 11 is 0. The number of hydrogen-bond donors (Lipinski definition) is 1. The molecule has 138 valence electrons. The van der Waals surface area contributed by atoms with Gasteiger partial charge < -0.3 is 5.32 Å². The zero-order valence-electron chi connectivity index (χ0n) is 14.4. The van der Waals surface area contributed by atoms with Gasteiger partial charge >= 0.3 is 6.18 Å².